The molecular weight excluding hydrogens is 228 g/mol. The van der Waals surface area contributed by atoms with Crippen molar-refractivity contribution < 1.29 is 9.47 Å². The molecule has 0 fully saturated rings. The molecule has 0 saturated carbocycles. The lowest BCUT2D eigenvalue weighted by Crippen LogP contribution is -2.16. The molecule has 0 radical (unpaired) electrons. The van der Waals surface area contributed by atoms with Crippen LogP contribution in [0.1, 0.15) is 26.2 Å². The van der Waals surface area contributed by atoms with Crippen LogP contribution < -0.4 is 20.5 Å². The summed E-state index contributed by atoms with van der Waals surface area (Å²) in [6.07, 6.45) is 3.05. The first-order chi connectivity index (χ1) is 8.75. The van der Waals surface area contributed by atoms with Crippen LogP contribution in [0.15, 0.2) is 18.2 Å². The van der Waals surface area contributed by atoms with Crippen molar-refractivity contribution in [3.63, 3.8) is 0 Å². The van der Waals surface area contributed by atoms with E-state index in [1.807, 2.05) is 25.1 Å². The fourth-order valence-corrected chi connectivity index (χ4v) is 1.93. The van der Waals surface area contributed by atoms with E-state index in [-0.39, 0.29) is 6.04 Å². The second-order valence-corrected chi connectivity index (χ2v) is 4.76. The van der Waals surface area contributed by atoms with Crippen LogP contribution in [0.25, 0.3) is 0 Å². The number of nitrogens with two attached hydrogens (primary N) is 1. The van der Waals surface area contributed by atoms with E-state index in [0.717, 1.165) is 56.2 Å². The summed E-state index contributed by atoms with van der Waals surface area (Å²) < 4.78 is 11.2. The van der Waals surface area contributed by atoms with Gasteiger partial charge in [-0.05, 0) is 31.9 Å². The van der Waals surface area contributed by atoms with Gasteiger partial charge in [-0.1, -0.05) is 0 Å². The van der Waals surface area contributed by atoms with Crippen LogP contribution in [-0.4, -0.2) is 25.8 Å². The van der Waals surface area contributed by atoms with Crippen molar-refractivity contribution in [3.05, 3.63) is 18.2 Å². The van der Waals surface area contributed by atoms with E-state index >= 15 is 0 Å². The molecule has 0 aromatic heterocycles. The molecule has 0 amide bonds. The van der Waals surface area contributed by atoms with Gasteiger partial charge in [0.1, 0.15) is 0 Å². The van der Waals surface area contributed by atoms with E-state index in [1.165, 1.54) is 0 Å². The summed E-state index contributed by atoms with van der Waals surface area (Å²) >= 11 is 0. The Morgan fingerprint density at radius 2 is 2.06 bits per heavy atom. The Morgan fingerprint density at radius 3 is 2.83 bits per heavy atom. The molecule has 1 aromatic rings. The van der Waals surface area contributed by atoms with E-state index in [4.69, 9.17) is 15.2 Å². The number of hydrogen-bond donors (Lipinski definition) is 2. The third-order valence-electron chi connectivity index (χ3n) is 2.91. The van der Waals surface area contributed by atoms with Gasteiger partial charge in [0.05, 0.1) is 13.2 Å². The quantitative estimate of drug-likeness (QED) is 0.788. The summed E-state index contributed by atoms with van der Waals surface area (Å²) in [5.41, 5.74) is 6.79. The Morgan fingerprint density at radius 1 is 1.28 bits per heavy atom. The molecule has 0 spiro atoms. The molecule has 4 nitrogen and oxygen atoms in total. The molecule has 1 aromatic carbocycles. The zero-order valence-electron chi connectivity index (χ0n) is 10.9. The maximum absolute atomic E-state index is 5.72. The maximum atomic E-state index is 5.72. The fourth-order valence-electron chi connectivity index (χ4n) is 1.93. The van der Waals surface area contributed by atoms with Crippen molar-refractivity contribution in [1.82, 2.24) is 0 Å². The predicted octanol–water partition coefficient (Wildman–Crippen LogP) is 2.39. The monoisotopic (exact) mass is 250 g/mol. The second kappa shape index (κ2) is 6.50. The normalized spacial score (nSPS) is 15.9. The first-order valence-electron chi connectivity index (χ1n) is 6.65. The summed E-state index contributed by atoms with van der Waals surface area (Å²) in [6.45, 7) is 4.42. The van der Waals surface area contributed by atoms with Crippen LogP contribution in [0.5, 0.6) is 11.5 Å². The number of anilines is 1. The highest BCUT2D eigenvalue weighted by Gasteiger charge is 2.10. The maximum Gasteiger partial charge on any atom is 0.163 e. The lowest BCUT2D eigenvalue weighted by atomic mass is 10.2. The van der Waals surface area contributed by atoms with E-state index in [0.29, 0.717) is 0 Å². The molecule has 1 unspecified atom stereocenters. The largest absolute Gasteiger partial charge is 0.490 e. The Hall–Kier alpha value is -1.42. The van der Waals surface area contributed by atoms with Gasteiger partial charge in [0.15, 0.2) is 11.5 Å². The number of ether oxygens (including phenoxy) is 2. The lowest BCUT2D eigenvalue weighted by molar-refractivity contribution is 0.297. The number of benzene rings is 1. The van der Waals surface area contributed by atoms with Crippen LogP contribution in [0, 0.1) is 0 Å². The molecule has 2 rings (SSSR count). The van der Waals surface area contributed by atoms with E-state index in [1.54, 1.807) is 0 Å². The summed E-state index contributed by atoms with van der Waals surface area (Å²) in [5, 5.41) is 3.38. The van der Waals surface area contributed by atoms with Crippen molar-refractivity contribution in [2.24, 2.45) is 5.73 Å². The van der Waals surface area contributed by atoms with Gasteiger partial charge < -0.3 is 20.5 Å². The highest BCUT2D eigenvalue weighted by molar-refractivity contribution is 5.54. The molecule has 100 valence electrons. The zero-order chi connectivity index (χ0) is 12.8. The molecule has 3 N–H and O–H groups in total. The topological polar surface area (TPSA) is 56.5 Å². The zero-order valence-corrected chi connectivity index (χ0v) is 10.9. The van der Waals surface area contributed by atoms with Crippen molar-refractivity contribution in [2.45, 2.75) is 32.2 Å². The molecule has 1 atom stereocenters. The van der Waals surface area contributed by atoms with Gasteiger partial charge in [0, 0.05) is 30.8 Å². The minimum atomic E-state index is 0.274. The van der Waals surface area contributed by atoms with Crippen molar-refractivity contribution in [3.8, 4) is 11.5 Å². The number of rotatable bonds is 5. The van der Waals surface area contributed by atoms with Crippen molar-refractivity contribution >= 4 is 5.69 Å². The molecule has 18 heavy (non-hydrogen) atoms. The van der Waals surface area contributed by atoms with Crippen LogP contribution >= 0.6 is 0 Å². The van der Waals surface area contributed by atoms with Crippen molar-refractivity contribution in [1.29, 1.82) is 0 Å². The predicted molar refractivity (Wildman–Crippen MR) is 73.4 cm³/mol. The van der Waals surface area contributed by atoms with Gasteiger partial charge in [0.25, 0.3) is 0 Å². The van der Waals surface area contributed by atoms with Gasteiger partial charge in [0.2, 0.25) is 0 Å². The average molecular weight is 250 g/mol. The summed E-state index contributed by atoms with van der Waals surface area (Å²) in [6, 6.07) is 6.27. The minimum Gasteiger partial charge on any atom is -0.490 e. The number of fused-ring (bicyclic) bond motifs is 1. The van der Waals surface area contributed by atoms with Gasteiger partial charge in [-0.25, -0.2) is 0 Å². The molecule has 0 bridgehead atoms. The standard InChI is InChI=1S/C14H22N2O2/c1-11(15)4-2-7-16-12-5-6-13-14(10-12)18-9-3-8-17-13/h5-6,10-11,16H,2-4,7-9,15H2,1H3. The van der Waals surface area contributed by atoms with Crippen LogP contribution in [-0.2, 0) is 0 Å². The smallest absolute Gasteiger partial charge is 0.163 e. The van der Waals surface area contributed by atoms with Crippen LogP contribution in [0.4, 0.5) is 5.69 Å². The molecule has 1 aliphatic heterocycles. The number of nitrogens with one attached hydrogen (secondary N) is 1. The second-order valence-electron chi connectivity index (χ2n) is 4.76. The van der Waals surface area contributed by atoms with Crippen molar-refractivity contribution in [2.75, 3.05) is 25.1 Å². The SMILES string of the molecule is CC(N)CCCNc1ccc2c(c1)OCCCO2. The van der Waals surface area contributed by atoms with Crippen LogP contribution in [0.2, 0.25) is 0 Å². The van der Waals surface area contributed by atoms with Gasteiger partial charge >= 0.3 is 0 Å². The fraction of sp³-hybridized carbons (Fsp3) is 0.571. The molecule has 0 saturated heterocycles. The summed E-state index contributed by atoms with van der Waals surface area (Å²) in [7, 11) is 0. The van der Waals surface area contributed by atoms with Gasteiger partial charge in [-0.3, -0.25) is 0 Å². The van der Waals surface area contributed by atoms with Gasteiger partial charge in [-0.15, -0.1) is 0 Å². The van der Waals surface area contributed by atoms with Crippen LogP contribution in [0.3, 0.4) is 0 Å². The molecular formula is C14H22N2O2. The Balaban J connectivity index is 1.88. The number of hydrogen-bond acceptors (Lipinski definition) is 4. The summed E-state index contributed by atoms with van der Waals surface area (Å²) in [5.74, 6) is 1.68. The highest BCUT2D eigenvalue weighted by Crippen LogP contribution is 2.32. The molecule has 4 heteroatoms. The van der Waals surface area contributed by atoms with E-state index in [9.17, 15) is 0 Å². The first-order valence-corrected chi connectivity index (χ1v) is 6.65. The van der Waals surface area contributed by atoms with Gasteiger partial charge in [-0.2, -0.15) is 0 Å². The van der Waals surface area contributed by atoms with E-state index < -0.39 is 0 Å². The van der Waals surface area contributed by atoms with E-state index in [2.05, 4.69) is 5.32 Å². The molecule has 1 heterocycles. The molecule has 1 aliphatic rings. The minimum absolute atomic E-state index is 0.274. The first kappa shape index (κ1) is 13.0. The Bertz CT molecular complexity index is 380. The third-order valence-corrected chi connectivity index (χ3v) is 2.91. The Kier molecular flexibility index (Phi) is 4.70. The molecule has 0 aliphatic carbocycles. The summed E-state index contributed by atoms with van der Waals surface area (Å²) in [4.78, 5) is 0. The lowest BCUT2D eigenvalue weighted by Gasteiger charge is -2.11. The third kappa shape index (κ3) is 3.81. The Labute approximate surface area is 108 Å². The highest BCUT2D eigenvalue weighted by atomic mass is 16.5. The average Bonchev–Trinajstić information content (AvgIpc) is 2.59.